The number of aliphatic hydroxyl groups excluding tert-OH is 2. The minimum absolute atomic E-state index is 0.599. The Balaban J connectivity index is 2.98. The molecule has 0 spiro atoms. The van der Waals surface area contributed by atoms with Gasteiger partial charge in [0.15, 0.2) is 18.5 Å². The fourth-order valence-corrected chi connectivity index (χ4v) is 2.38. The third-order valence-electron chi connectivity index (χ3n) is 3.10. The van der Waals surface area contributed by atoms with Crippen molar-refractivity contribution in [2.75, 3.05) is 13.2 Å². The summed E-state index contributed by atoms with van der Waals surface area (Å²) in [6.07, 6.45) is -6.72. The van der Waals surface area contributed by atoms with Gasteiger partial charge in [0.25, 0.3) is 0 Å². The zero-order valence-corrected chi connectivity index (χ0v) is 16.0. The van der Waals surface area contributed by atoms with Gasteiger partial charge >= 0.3 is 18.0 Å². The van der Waals surface area contributed by atoms with Gasteiger partial charge < -0.3 is 34.5 Å². The topological polar surface area (TPSA) is 141 Å². The summed E-state index contributed by atoms with van der Waals surface area (Å²) in [6, 6.07) is -1.39. The molecular weight excluding hydrogens is 421 g/mol. The van der Waals surface area contributed by atoms with E-state index in [-0.39, 0.29) is 0 Å². The summed E-state index contributed by atoms with van der Waals surface area (Å²) in [5, 5.41) is 21.6. The molecule has 1 fully saturated rings. The van der Waals surface area contributed by atoms with Gasteiger partial charge in [-0.15, -0.1) is 0 Å². The van der Waals surface area contributed by atoms with Gasteiger partial charge in [-0.1, -0.05) is 34.8 Å². The first-order valence-electron chi connectivity index (χ1n) is 7.23. The van der Waals surface area contributed by atoms with Gasteiger partial charge in [0.1, 0.15) is 18.8 Å². The number of carbonyl (C=O) groups excluding carboxylic acids is 3. The van der Waals surface area contributed by atoms with Crippen molar-refractivity contribution in [3.63, 3.8) is 0 Å². The van der Waals surface area contributed by atoms with E-state index in [2.05, 4.69) is 10.1 Å². The summed E-state index contributed by atoms with van der Waals surface area (Å²) < 4.78 is 18.0. The molecule has 0 aromatic carbocycles. The Bertz CT molecular complexity index is 527. The third-order valence-corrected chi connectivity index (χ3v) is 3.43. The minimum Gasteiger partial charge on any atom is -0.456 e. The lowest BCUT2D eigenvalue weighted by atomic mass is 9.96. The molecule has 1 amide bonds. The first-order valence-corrected chi connectivity index (χ1v) is 8.37. The maximum absolute atomic E-state index is 11.8. The first kappa shape index (κ1) is 23.0. The van der Waals surface area contributed by atoms with E-state index < -0.39 is 65.7 Å². The second-order valence-corrected chi connectivity index (χ2v) is 7.77. The van der Waals surface area contributed by atoms with Crippen molar-refractivity contribution < 1.29 is 43.5 Å². The normalized spacial score (nSPS) is 28.8. The lowest BCUT2D eigenvalue weighted by Gasteiger charge is -2.43. The Hall–Kier alpha value is -1.04. The number of hydrogen-bond donors (Lipinski definition) is 3. The van der Waals surface area contributed by atoms with Crippen molar-refractivity contribution in [1.82, 2.24) is 5.32 Å². The molecule has 3 unspecified atom stereocenters. The fourth-order valence-electron chi connectivity index (χ4n) is 2.21. The van der Waals surface area contributed by atoms with E-state index >= 15 is 0 Å². The van der Waals surface area contributed by atoms with Crippen LogP contribution in [0.3, 0.4) is 0 Å². The lowest BCUT2D eigenvalue weighted by Crippen LogP contribution is -2.66. The number of nitrogens with one attached hydrogen (secondary N) is 1. The van der Waals surface area contributed by atoms with Crippen LogP contribution < -0.4 is 5.32 Å². The molecule has 0 saturated carbocycles. The summed E-state index contributed by atoms with van der Waals surface area (Å²) >= 11 is 16.4. The number of carbonyl (C=O) groups is 3. The quantitative estimate of drug-likeness (QED) is 0.308. The molecule has 1 saturated heterocycles. The average Bonchev–Trinajstić information content (AvgIpc) is 2.49. The van der Waals surface area contributed by atoms with Crippen molar-refractivity contribution >= 4 is 52.8 Å². The van der Waals surface area contributed by atoms with E-state index in [4.69, 9.17) is 49.0 Å². The molecule has 1 aliphatic rings. The van der Waals surface area contributed by atoms with E-state index in [1.807, 2.05) is 0 Å². The zero-order valence-electron chi connectivity index (χ0n) is 13.7. The summed E-state index contributed by atoms with van der Waals surface area (Å²) in [4.78, 5) is 34.5. The fraction of sp³-hybridized carbons (Fsp3) is 0.769. The molecule has 0 bridgehead atoms. The Morgan fingerprint density at radius 2 is 1.65 bits per heavy atom. The highest BCUT2D eigenvalue weighted by atomic mass is 35.6. The molecule has 1 heterocycles. The molecule has 0 aromatic heterocycles. The molecule has 1 rings (SSSR count). The number of amides is 1. The largest absolute Gasteiger partial charge is 0.456 e. The maximum Gasteiger partial charge on any atom is 0.407 e. The molecule has 3 N–H and O–H groups in total. The van der Waals surface area contributed by atoms with Gasteiger partial charge in [0.2, 0.25) is 3.79 Å². The van der Waals surface area contributed by atoms with Crippen LogP contribution in [0.1, 0.15) is 13.8 Å². The summed E-state index contributed by atoms with van der Waals surface area (Å²) in [5.74, 6) is -1.55. The second-order valence-electron chi connectivity index (χ2n) is 5.26. The van der Waals surface area contributed by atoms with Crippen LogP contribution in [0.15, 0.2) is 0 Å². The Morgan fingerprint density at radius 1 is 1.12 bits per heavy atom. The molecule has 26 heavy (non-hydrogen) atoms. The Kier molecular flexibility index (Phi) is 8.64. The molecule has 1 aliphatic heterocycles. The first-order chi connectivity index (χ1) is 11.9. The number of alkyl halides is 3. The predicted molar refractivity (Wildman–Crippen MR) is 87.6 cm³/mol. The van der Waals surface area contributed by atoms with E-state index in [0.717, 1.165) is 13.8 Å². The number of rotatable bonds is 5. The molecule has 0 aromatic rings. The summed E-state index contributed by atoms with van der Waals surface area (Å²) in [5.41, 5.74) is 0. The molecule has 10 nitrogen and oxygen atoms in total. The second kappa shape index (κ2) is 9.77. The van der Waals surface area contributed by atoms with Crippen LogP contribution >= 0.6 is 34.8 Å². The highest BCUT2D eigenvalue weighted by Gasteiger charge is 2.50. The van der Waals surface area contributed by atoms with Crippen molar-refractivity contribution in [1.29, 1.82) is 0 Å². The average molecular weight is 439 g/mol. The van der Waals surface area contributed by atoms with Crippen LogP contribution in [0, 0.1) is 0 Å². The zero-order chi connectivity index (χ0) is 20.1. The lowest BCUT2D eigenvalue weighted by molar-refractivity contribution is -0.262. The van der Waals surface area contributed by atoms with E-state index in [1.165, 1.54) is 0 Å². The molecule has 5 atom stereocenters. The van der Waals surface area contributed by atoms with Gasteiger partial charge in [-0.3, -0.25) is 9.59 Å². The standard InChI is InChI=1S/C13H18Cl3NO9/c1-5(19)24-9-7(3-18)26-11(21)8(10(9)25-6(2)20)17-12(22)23-4-13(14,15)16/h7-11,18,21H,3-4H2,1-2H3,(H,17,22)/t7?,8?,9-,10?,11+/m1/s1. The highest BCUT2D eigenvalue weighted by molar-refractivity contribution is 6.67. The number of alkyl carbamates (subject to hydrolysis) is 1. The smallest absolute Gasteiger partial charge is 0.407 e. The van der Waals surface area contributed by atoms with Gasteiger partial charge in [-0.25, -0.2) is 4.79 Å². The van der Waals surface area contributed by atoms with E-state index in [0.29, 0.717) is 0 Å². The van der Waals surface area contributed by atoms with E-state index in [9.17, 15) is 24.6 Å². The molecule has 150 valence electrons. The van der Waals surface area contributed by atoms with Crippen LogP contribution in [0.4, 0.5) is 4.79 Å². The molecular formula is C13H18Cl3NO9. The van der Waals surface area contributed by atoms with E-state index in [1.54, 1.807) is 0 Å². The van der Waals surface area contributed by atoms with Crippen LogP contribution in [-0.2, 0) is 28.5 Å². The van der Waals surface area contributed by atoms with Crippen molar-refractivity contribution in [2.45, 2.75) is 48.3 Å². The number of esters is 2. The van der Waals surface area contributed by atoms with Gasteiger partial charge in [-0.2, -0.15) is 0 Å². The SMILES string of the molecule is CC(=O)OC1C(NC(=O)OCC(Cl)(Cl)Cl)[C@@H](O)OC(CO)[C@H]1OC(C)=O. The number of hydrogen-bond acceptors (Lipinski definition) is 9. The summed E-state index contributed by atoms with van der Waals surface area (Å²) in [6.45, 7) is 0.899. The molecule has 13 heteroatoms. The Labute approximate surface area is 163 Å². The van der Waals surface area contributed by atoms with Crippen LogP contribution in [0.2, 0.25) is 0 Å². The monoisotopic (exact) mass is 437 g/mol. The highest BCUT2D eigenvalue weighted by Crippen LogP contribution is 2.27. The van der Waals surface area contributed by atoms with Gasteiger partial charge in [0, 0.05) is 13.8 Å². The van der Waals surface area contributed by atoms with Crippen molar-refractivity contribution in [3.05, 3.63) is 0 Å². The van der Waals surface area contributed by atoms with Crippen molar-refractivity contribution in [3.8, 4) is 0 Å². The predicted octanol–water partition coefficient (Wildman–Crippen LogP) is 0.0243. The number of aliphatic hydroxyl groups is 2. The van der Waals surface area contributed by atoms with Crippen LogP contribution in [0.25, 0.3) is 0 Å². The molecule has 0 aliphatic carbocycles. The van der Waals surface area contributed by atoms with Gasteiger partial charge in [0.05, 0.1) is 6.61 Å². The number of ether oxygens (including phenoxy) is 4. The van der Waals surface area contributed by atoms with Crippen LogP contribution in [-0.4, -0.2) is 75.9 Å². The minimum atomic E-state index is -1.86. The molecule has 0 radical (unpaired) electrons. The van der Waals surface area contributed by atoms with Crippen molar-refractivity contribution in [2.24, 2.45) is 0 Å². The Morgan fingerprint density at radius 3 is 2.12 bits per heavy atom. The van der Waals surface area contributed by atoms with Gasteiger partial charge in [-0.05, 0) is 0 Å². The summed E-state index contributed by atoms with van der Waals surface area (Å²) in [7, 11) is 0. The third kappa shape index (κ3) is 7.29. The van der Waals surface area contributed by atoms with Crippen LogP contribution in [0.5, 0.6) is 0 Å². The maximum atomic E-state index is 11.8. The number of halogens is 3.